The lowest BCUT2D eigenvalue weighted by atomic mass is 9.92. The number of hydrogen-bond acceptors (Lipinski definition) is 4. The fourth-order valence-corrected chi connectivity index (χ4v) is 5.81. The predicted molar refractivity (Wildman–Crippen MR) is 131 cm³/mol. The van der Waals surface area contributed by atoms with Gasteiger partial charge in [0, 0.05) is 19.6 Å². The Kier molecular flexibility index (Phi) is 6.61. The Labute approximate surface area is 206 Å². The lowest BCUT2D eigenvalue weighted by molar-refractivity contribution is -0.116. The van der Waals surface area contributed by atoms with Crippen molar-refractivity contribution >= 4 is 46.9 Å². The Morgan fingerprint density at radius 1 is 1.18 bits per heavy atom. The van der Waals surface area contributed by atoms with Crippen LogP contribution < -0.4 is 5.32 Å². The number of imidazole rings is 1. The standard InChI is InChI=1S/C25H24ClFN4O2S/c26-18-5-1-6-19(27)23(18)25(33)30-12-9-16(10-13-30)4-3-11-28-24(32)20-14-17-15-29-21-7-2-8-22(34-20)31(17)21/h1-2,5-8,14-16H,3-4,9-13H2,(H,28,32). The molecule has 2 amide bonds. The zero-order valence-electron chi connectivity index (χ0n) is 18.5. The van der Waals surface area contributed by atoms with Crippen LogP contribution in [0.1, 0.15) is 41.7 Å². The molecule has 5 rings (SSSR count). The van der Waals surface area contributed by atoms with Crippen LogP contribution in [-0.4, -0.2) is 45.7 Å². The van der Waals surface area contributed by atoms with Crippen LogP contribution in [-0.2, 0) is 4.79 Å². The molecule has 6 nitrogen and oxygen atoms in total. The third-order valence-electron chi connectivity index (χ3n) is 6.39. The highest BCUT2D eigenvalue weighted by Crippen LogP contribution is 2.34. The average Bonchev–Trinajstić information content (AvgIpc) is 3.26. The van der Waals surface area contributed by atoms with Crippen molar-refractivity contribution < 1.29 is 14.0 Å². The van der Waals surface area contributed by atoms with E-state index in [2.05, 4.69) is 10.3 Å². The number of thioether (sulfide) groups is 1. The van der Waals surface area contributed by atoms with Gasteiger partial charge >= 0.3 is 0 Å². The van der Waals surface area contributed by atoms with Crippen molar-refractivity contribution in [3.05, 3.63) is 69.6 Å². The fourth-order valence-electron chi connectivity index (χ4n) is 4.56. The Morgan fingerprint density at radius 2 is 1.97 bits per heavy atom. The van der Waals surface area contributed by atoms with E-state index in [0.717, 1.165) is 42.1 Å². The zero-order chi connectivity index (χ0) is 23.7. The number of halogens is 2. The lowest BCUT2D eigenvalue weighted by Gasteiger charge is -2.32. The number of pyridine rings is 1. The minimum absolute atomic E-state index is 0.0421. The molecule has 34 heavy (non-hydrogen) atoms. The van der Waals surface area contributed by atoms with Crippen LogP contribution in [0.4, 0.5) is 4.39 Å². The molecule has 2 aromatic heterocycles. The number of aromatic nitrogens is 2. The molecule has 0 saturated carbocycles. The molecule has 176 valence electrons. The monoisotopic (exact) mass is 498 g/mol. The van der Waals surface area contributed by atoms with Gasteiger partial charge < -0.3 is 10.2 Å². The number of piperidine rings is 1. The molecule has 1 saturated heterocycles. The molecule has 0 radical (unpaired) electrons. The molecule has 1 fully saturated rings. The topological polar surface area (TPSA) is 66.7 Å². The maximum atomic E-state index is 14.1. The van der Waals surface area contributed by atoms with Crippen molar-refractivity contribution in [1.82, 2.24) is 19.6 Å². The second kappa shape index (κ2) is 9.80. The minimum Gasteiger partial charge on any atom is -0.352 e. The molecule has 1 N–H and O–H groups in total. The Hall–Kier alpha value is -2.84. The van der Waals surface area contributed by atoms with Gasteiger partial charge in [-0.3, -0.25) is 14.0 Å². The van der Waals surface area contributed by atoms with Crippen LogP contribution in [0.15, 0.2) is 52.5 Å². The first kappa shape index (κ1) is 22.9. The predicted octanol–water partition coefficient (Wildman–Crippen LogP) is 5.02. The summed E-state index contributed by atoms with van der Waals surface area (Å²) in [4.78, 5) is 32.1. The average molecular weight is 499 g/mol. The largest absolute Gasteiger partial charge is 0.352 e. The van der Waals surface area contributed by atoms with Crippen molar-refractivity contribution in [2.24, 2.45) is 5.92 Å². The smallest absolute Gasteiger partial charge is 0.258 e. The van der Waals surface area contributed by atoms with Gasteiger partial charge in [-0.1, -0.05) is 35.5 Å². The van der Waals surface area contributed by atoms with Crippen molar-refractivity contribution in [2.75, 3.05) is 19.6 Å². The molecule has 0 spiro atoms. The number of rotatable bonds is 6. The van der Waals surface area contributed by atoms with E-state index >= 15 is 0 Å². The van der Waals surface area contributed by atoms with Crippen LogP contribution in [0.3, 0.4) is 0 Å². The van der Waals surface area contributed by atoms with Gasteiger partial charge in [0.1, 0.15) is 11.5 Å². The first-order valence-corrected chi connectivity index (χ1v) is 12.6. The van der Waals surface area contributed by atoms with E-state index in [1.807, 2.05) is 28.7 Å². The molecular formula is C25H24ClFN4O2S. The number of carbonyl (C=O) groups excluding carboxylic acids is 2. The summed E-state index contributed by atoms with van der Waals surface area (Å²) in [6.07, 6.45) is 7.22. The molecular weight excluding hydrogens is 475 g/mol. The number of likely N-dealkylation sites (tertiary alicyclic amines) is 1. The molecule has 2 aliphatic heterocycles. The molecule has 0 bridgehead atoms. The maximum absolute atomic E-state index is 14.1. The van der Waals surface area contributed by atoms with Gasteiger partial charge in [-0.05, 0) is 61.9 Å². The quantitative estimate of drug-likeness (QED) is 0.484. The zero-order valence-corrected chi connectivity index (χ0v) is 20.0. The normalized spacial score (nSPS) is 15.9. The summed E-state index contributed by atoms with van der Waals surface area (Å²) in [7, 11) is 0. The van der Waals surface area contributed by atoms with E-state index in [4.69, 9.17) is 11.6 Å². The summed E-state index contributed by atoms with van der Waals surface area (Å²) < 4.78 is 16.1. The highest BCUT2D eigenvalue weighted by molar-refractivity contribution is 8.04. The van der Waals surface area contributed by atoms with Crippen molar-refractivity contribution in [2.45, 2.75) is 30.7 Å². The molecule has 0 aliphatic carbocycles. The summed E-state index contributed by atoms with van der Waals surface area (Å²) >= 11 is 7.50. The van der Waals surface area contributed by atoms with Crippen molar-refractivity contribution in [1.29, 1.82) is 0 Å². The number of benzene rings is 1. The van der Waals surface area contributed by atoms with E-state index in [0.29, 0.717) is 30.5 Å². The third-order valence-corrected chi connectivity index (χ3v) is 7.76. The van der Waals surface area contributed by atoms with Gasteiger partial charge in [0.2, 0.25) is 0 Å². The molecule has 9 heteroatoms. The maximum Gasteiger partial charge on any atom is 0.258 e. The minimum atomic E-state index is -0.581. The second-order valence-electron chi connectivity index (χ2n) is 8.58. The van der Waals surface area contributed by atoms with E-state index in [1.54, 1.807) is 11.1 Å². The number of hydrogen-bond donors (Lipinski definition) is 1. The summed E-state index contributed by atoms with van der Waals surface area (Å²) in [5.74, 6) is -0.518. The number of carbonyl (C=O) groups is 2. The van der Waals surface area contributed by atoms with Crippen LogP contribution >= 0.6 is 23.4 Å². The number of amides is 2. The Bertz CT molecular complexity index is 1260. The highest BCUT2D eigenvalue weighted by atomic mass is 35.5. The molecule has 0 unspecified atom stereocenters. The van der Waals surface area contributed by atoms with Crippen LogP contribution in [0.5, 0.6) is 0 Å². The van der Waals surface area contributed by atoms with Crippen LogP contribution in [0, 0.1) is 11.7 Å². The third kappa shape index (κ3) is 4.57. The van der Waals surface area contributed by atoms with Gasteiger partial charge in [-0.15, -0.1) is 0 Å². The second-order valence-corrected chi connectivity index (χ2v) is 10.1. The lowest BCUT2D eigenvalue weighted by Crippen LogP contribution is -2.39. The van der Waals surface area contributed by atoms with Gasteiger partial charge in [0.05, 0.1) is 32.4 Å². The molecule has 2 aliphatic rings. The number of nitrogens with one attached hydrogen (secondary N) is 1. The van der Waals surface area contributed by atoms with E-state index in [9.17, 15) is 14.0 Å². The van der Waals surface area contributed by atoms with Gasteiger partial charge in [-0.2, -0.15) is 0 Å². The SMILES string of the molecule is O=C(NCCCC1CCN(C(=O)c2c(F)cccc2Cl)CC1)C1=Cc2cnc3cccc(n23)S1. The summed E-state index contributed by atoms with van der Waals surface area (Å²) in [6, 6.07) is 10.2. The highest BCUT2D eigenvalue weighted by Gasteiger charge is 2.27. The van der Waals surface area contributed by atoms with Crippen LogP contribution in [0.25, 0.3) is 11.7 Å². The first-order chi connectivity index (χ1) is 16.5. The molecule has 4 heterocycles. The number of nitrogens with zero attached hydrogens (tertiary/aromatic N) is 3. The van der Waals surface area contributed by atoms with Crippen LogP contribution in [0.2, 0.25) is 5.02 Å². The van der Waals surface area contributed by atoms with Gasteiger partial charge in [0.25, 0.3) is 11.8 Å². The first-order valence-electron chi connectivity index (χ1n) is 11.4. The summed E-state index contributed by atoms with van der Waals surface area (Å²) in [5, 5.41) is 4.16. The summed E-state index contributed by atoms with van der Waals surface area (Å²) in [5.41, 5.74) is 1.74. The van der Waals surface area contributed by atoms with E-state index in [-0.39, 0.29) is 22.4 Å². The Balaban J connectivity index is 1.07. The van der Waals surface area contributed by atoms with E-state index in [1.165, 1.54) is 30.0 Å². The van der Waals surface area contributed by atoms with E-state index < -0.39 is 5.82 Å². The fraction of sp³-hybridized carbons (Fsp3) is 0.320. The Morgan fingerprint density at radius 3 is 2.76 bits per heavy atom. The van der Waals surface area contributed by atoms with Gasteiger partial charge in [0.15, 0.2) is 0 Å². The van der Waals surface area contributed by atoms with Gasteiger partial charge in [-0.25, -0.2) is 9.37 Å². The van der Waals surface area contributed by atoms with Crippen molar-refractivity contribution in [3.8, 4) is 0 Å². The molecule has 0 atom stereocenters. The van der Waals surface area contributed by atoms with Crippen molar-refractivity contribution in [3.63, 3.8) is 0 Å². The molecule has 3 aromatic rings. The molecule has 1 aromatic carbocycles. The summed E-state index contributed by atoms with van der Waals surface area (Å²) in [6.45, 7) is 1.77.